The van der Waals surface area contributed by atoms with E-state index in [1.165, 1.54) is 0 Å². The van der Waals surface area contributed by atoms with E-state index in [4.69, 9.17) is 0 Å². The van der Waals surface area contributed by atoms with Crippen LogP contribution in [0.25, 0.3) is 0 Å². The summed E-state index contributed by atoms with van der Waals surface area (Å²) in [6.45, 7) is 0.804. The lowest BCUT2D eigenvalue weighted by Gasteiger charge is -2.28. The predicted molar refractivity (Wildman–Crippen MR) is 71.5 cm³/mol. The molecule has 0 spiro atoms. The summed E-state index contributed by atoms with van der Waals surface area (Å²) in [6.07, 6.45) is 8.47. The Morgan fingerprint density at radius 2 is 2.37 bits per heavy atom. The molecule has 0 radical (unpaired) electrons. The maximum Gasteiger partial charge on any atom is 0.223 e. The number of likely N-dealkylation sites (tertiary alicyclic amines) is 1. The van der Waals surface area contributed by atoms with Crippen LogP contribution in [0, 0.1) is 0 Å². The molecule has 1 aliphatic carbocycles. The van der Waals surface area contributed by atoms with Crippen molar-refractivity contribution in [3.8, 4) is 0 Å². The Labute approximate surface area is 113 Å². The van der Waals surface area contributed by atoms with Crippen LogP contribution in [0.3, 0.4) is 0 Å². The van der Waals surface area contributed by atoms with Crippen molar-refractivity contribution in [1.29, 1.82) is 0 Å². The number of hydrogen-bond acceptors (Lipinski definition) is 3. The van der Waals surface area contributed by atoms with Gasteiger partial charge in [-0.3, -0.25) is 9.78 Å². The molecule has 1 atom stereocenters. The van der Waals surface area contributed by atoms with Gasteiger partial charge in [0, 0.05) is 25.4 Å². The van der Waals surface area contributed by atoms with Gasteiger partial charge in [0.25, 0.3) is 0 Å². The van der Waals surface area contributed by atoms with Crippen molar-refractivity contribution >= 4 is 5.91 Å². The Morgan fingerprint density at radius 1 is 1.53 bits per heavy atom. The quantitative estimate of drug-likeness (QED) is 0.893. The van der Waals surface area contributed by atoms with E-state index in [2.05, 4.69) is 4.98 Å². The van der Waals surface area contributed by atoms with Gasteiger partial charge in [-0.25, -0.2) is 0 Å². The number of aryl methyl sites for hydroxylation is 1. The molecule has 1 aromatic rings. The van der Waals surface area contributed by atoms with Crippen LogP contribution >= 0.6 is 0 Å². The number of pyridine rings is 1. The summed E-state index contributed by atoms with van der Waals surface area (Å²) in [5.74, 6) is 0.173. The molecule has 3 rings (SSSR count). The molecular weight excluding hydrogens is 240 g/mol. The van der Waals surface area contributed by atoms with Gasteiger partial charge in [0.1, 0.15) is 0 Å². The third kappa shape index (κ3) is 2.63. The number of hydrogen-bond donors (Lipinski definition) is 1. The molecule has 1 aliphatic heterocycles. The van der Waals surface area contributed by atoms with Crippen molar-refractivity contribution in [3.05, 3.63) is 30.1 Å². The predicted octanol–water partition coefficient (Wildman–Crippen LogP) is 1.53. The fourth-order valence-electron chi connectivity index (χ4n) is 3.03. The van der Waals surface area contributed by atoms with Crippen LogP contribution < -0.4 is 0 Å². The summed E-state index contributed by atoms with van der Waals surface area (Å²) in [5.41, 5.74) is 0.525. The molecule has 4 nitrogen and oxygen atoms in total. The standard InChI is InChI=1S/C15H20N2O2/c18-14(6-5-12-3-1-9-16-11-12)17-10-2-4-13(17)15(19)7-8-15/h1,3,9,11,13,19H,2,4-8,10H2. The Morgan fingerprint density at radius 3 is 3.05 bits per heavy atom. The molecule has 1 amide bonds. The van der Waals surface area contributed by atoms with Gasteiger partial charge in [0.05, 0.1) is 11.6 Å². The highest BCUT2D eigenvalue weighted by Crippen LogP contribution is 2.44. The molecule has 1 saturated heterocycles. The van der Waals surface area contributed by atoms with Crippen LogP contribution in [-0.4, -0.2) is 39.1 Å². The zero-order valence-electron chi connectivity index (χ0n) is 11.1. The minimum Gasteiger partial charge on any atom is -0.388 e. The van der Waals surface area contributed by atoms with Gasteiger partial charge in [-0.15, -0.1) is 0 Å². The average molecular weight is 260 g/mol. The number of carbonyl (C=O) groups excluding carboxylic acids is 1. The van der Waals surface area contributed by atoms with E-state index >= 15 is 0 Å². The van der Waals surface area contributed by atoms with Crippen LogP contribution in [0.5, 0.6) is 0 Å². The molecule has 1 aromatic heterocycles. The molecule has 19 heavy (non-hydrogen) atoms. The minimum absolute atomic E-state index is 0.0638. The van der Waals surface area contributed by atoms with E-state index < -0.39 is 5.60 Å². The molecule has 1 N–H and O–H groups in total. The van der Waals surface area contributed by atoms with Gasteiger partial charge in [0.15, 0.2) is 0 Å². The monoisotopic (exact) mass is 260 g/mol. The average Bonchev–Trinajstić information content (AvgIpc) is 3.00. The molecule has 1 saturated carbocycles. The first-order valence-corrected chi connectivity index (χ1v) is 7.10. The maximum atomic E-state index is 12.3. The number of amides is 1. The second-order valence-electron chi connectivity index (χ2n) is 5.71. The number of aromatic nitrogens is 1. The third-order valence-corrected chi connectivity index (χ3v) is 4.31. The molecule has 0 bridgehead atoms. The smallest absolute Gasteiger partial charge is 0.223 e. The van der Waals surface area contributed by atoms with Crippen LogP contribution in [0.4, 0.5) is 0 Å². The zero-order valence-corrected chi connectivity index (χ0v) is 11.1. The van der Waals surface area contributed by atoms with Crippen molar-refractivity contribution < 1.29 is 9.90 Å². The highest BCUT2D eigenvalue weighted by molar-refractivity contribution is 5.77. The summed E-state index contributed by atoms with van der Waals surface area (Å²) in [5, 5.41) is 10.2. The fourth-order valence-corrected chi connectivity index (χ4v) is 3.03. The van der Waals surface area contributed by atoms with Gasteiger partial charge in [0.2, 0.25) is 5.91 Å². The highest BCUT2D eigenvalue weighted by atomic mass is 16.3. The van der Waals surface area contributed by atoms with Crippen LogP contribution in [0.1, 0.15) is 37.7 Å². The number of carbonyl (C=O) groups is 1. The summed E-state index contributed by atoms with van der Waals surface area (Å²) in [6, 6.07) is 3.95. The minimum atomic E-state index is -0.569. The van der Waals surface area contributed by atoms with Crippen LogP contribution in [-0.2, 0) is 11.2 Å². The van der Waals surface area contributed by atoms with Crippen LogP contribution in [0.2, 0.25) is 0 Å². The van der Waals surface area contributed by atoms with E-state index in [9.17, 15) is 9.90 Å². The van der Waals surface area contributed by atoms with Gasteiger partial charge >= 0.3 is 0 Å². The van der Waals surface area contributed by atoms with E-state index in [-0.39, 0.29) is 11.9 Å². The first-order chi connectivity index (χ1) is 9.19. The van der Waals surface area contributed by atoms with E-state index in [0.29, 0.717) is 6.42 Å². The Hall–Kier alpha value is -1.42. The van der Waals surface area contributed by atoms with Crippen molar-refractivity contribution in [2.75, 3.05) is 6.54 Å². The Bertz CT molecular complexity index is 456. The molecule has 1 unspecified atom stereocenters. The van der Waals surface area contributed by atoms with Gasteiger partial charge in [-0.05, 0) is 43.7 Å². The Balaban J connectivity index is 1.58. The molecule has 2 aliphatic rings. The Kier molecular flexibility index (Phi) is 3.27. The summed E-state index contributed by atoms with van der Waals surface area (Å²) >= 11 is 0. The van der Waals surface area contributed by atoms with Crippen molar-refractivity contribution in [2.45, 2.75) is 50.2 Å². The van der Waals surface area contributed by atoms with Crippen LogP contribution in [0.15, 0.2) is 24.5 Å². The number of rotatable bonds is 4. The molecule has 102 valence electrons. The van der Waals surface area contributed by atoms with Gasteiger partial charge in [-0.2, -0.15) is 0 Å². The summed E-state index contributed by atoms with van der Waals surface area (Å²) in [7, 11) is 0. The lowest BCUT2D eigenvalue weighted by Crippen LogP contribution is -2.44. The van der Waals surface area contributed by atoms with Crippen molar-refractivity contribution in [2.24, 2.45) is 0 Å². The van der Waals surface area contributed by atoms with Crippen molar-refractivity contribution in [3.63, 3.8) is 0 Å². The summed E-state index contributed by atoms with van der Waals surface area (Å²) < 4.78 is 0. The first-order valence-electron chi connectivity index (χ1n) is 7.10. The SMILES string of the molecule is O=C(CCc1cccnc1)N1CCCC1C1(O)CC1. The van der Waals surface area contributed by atoms with E-state index in [0.717, 1.165) is 44.2 Å². The second-order valence-corrected chi connectivity index (χ2v) is 5.71. The highest BCUT2D eigenvalue weighted by Gasteiger charge is 2.52. The lowest BCUT2D eigenvalue weighted by atomic mass is 10.1. The number of nitrogens with zero attached hydrogens (tertiary/aromatic N) is 2. The molecule has 0 aromatic carbocycles. The summed E-state index contributed by atoms with van der Waals surface area (Å²) in [4.78, 5) is 18.3. The topological polar surface area (TPSA) is 53.4 Å². The van der Waals surface area contributed by atoms with Gasteiger partial charge < -0.3 is 10.0 Å². The maximum absolute atomic E-state index is 12.3. The normalized spacial score (nSPS) is 24.5. The molecule has 2 fully saturated rings. The lowest BCUT2D eigenvalue weighted by molar-refractivity contribution is -0.134. The first kappa shape index (κ1) is 12.6. The van der Waals surface area contributed by atoms with E-state index in [1.807, 2.05) is 23.2 Å². The molecular formula is C15H20N2O2. The molecule has 2 heterocycles. The van der Waals surface area contributed by atoms with Crippen molar-refractivity contribution in [1.82, 2.24) is 9.88 Å². The number of aliphatic hydroxyl groups is 1. The third-order valence-electron chi connectivity index (χ3n) is 4.31. The fraction of sp³-hybridized carbons (Fsp3) is 0.600. The molecule has 4 heteroatoms. The van der Waals surface area contributed by atoms with E-state index in [1.54, 1.807) is 6.20 Å². The second kappa shape index (κ2) is 4.93. The zero-order chi connectivity index (χ0) is 13.3. The van der Waals surface area contributed by atoms with Gasteiger partial charge in [-0.1, -0.05) is 6.07 Å². The largest absolute Gasteiger partial charge is 0.388 e.